The second-order valence-electron chi connectivity index (χ2n) is 2.95. The number of nitriles is 1. The number of rotatable bonds is 4. The third kappa shape index (κ3) is 2.21. The number of hydrogen-bond acceptors (Lipinski definition) is 4. The molecule has 0 aliphatic rings. The Hall–Kier alpha value is -1.44. The molecule has 16 heavy (non-hydrogen) atoms. The zero-order valence-corrected chi connectivity index (χ0v) is 10.0. The fraction of sp³-hybridized carbons (Fsp3) is 0.364. The SMILES string of the molecule is COc1ccc(C(C#N)OC)c(Cl)c1OC. The minimum atomic E-state index is -0.715. The van der Waals surface area contributed by atoms with Crippen molar-refractivity contribution in [1.29, 1.82) is 5.26 Å². The Kier molecular flexibility index (Phi) is 4.41. The van der Waals surface area contributed by atoms with Crippen LogP contribution >= 0.6 is 11.6 Å². The zero-order valence-electron chi connectivity index (χ0n) is 9.28. The van der Waals surface area contributed by atoms with Gasteiger partial charge in [-0.25, -0.2) is 0 Å². The van der Waals surface area contributed by atoms with Crippen molar-refractivity contribution >= 4 is 11.6 Å². The van der Waals surface area contributed by atoms with Gasteiger partial charge in [-0.05, 0) is 12.1 Å². The maximum absolute atomic E-state index is 8.89. The number of halogens is 1. The number of benzene rings is 1. The summed E-state index contributed by atoms with van der Waals surface area (Å²) in [5, 5.41) is 9.22. The summed E-state index contributed by atoms with van der Waals surface area (Å²) in [4.78, 5) is 0. The lowest BCUT2D eigenvalue weighted by Crippen LogP contribution is -2.01. The molecule has 1 aromatic carbocycles. The van der Waals surface area contributed by atoms with Gasteiger partial charge in [0.2, 0.25) is 0 Å². The smallest absolute Gasteiger partial charge is 0.179 e. The molecule has 0 aliphatic carbocycles. The lowest BCUT2D eigenvalue weighted by molar-refractivity contribution is 0.148. The highest BCUT2D eigenvalue weighted by molar-refractivity contribution is 6.33. The van der Waals surface area contributed by atoms with E-state index in [0.717, 1.165) is 0 Å². The number of methoxy groups -OCH3 is 3. The molecule has 5 heteroatoms. The van der Waals surface area contributed by atoms with E-state index in [-0.39, 0.29) is 0 Å². The largest absolute Gasteiger partial charge is 0.493 e. The van der Waals surface area contributed by atoms with Gasteiger partial charge in [-0.1, -0.05) is 11.6 Å². The maximum atomic E-state index is 8.89. The van der Waals surface area contributed by atoms with Crippen LogP contribution in [0.4, 0.5) is 0 Å². The summed E-state index contributed by atoms with van der Waals surface area (Å²) in [5.41, 5.74) is 0.560. The van der Waals surface area contributed by atoms with Crippen molar-refractivity contribution in [1.82, 2.24) is 0 Å². The van der Waals surface area contributed by atoms with Gasteiger partial charge in [0.1, 0.15) is 0 Å². The summed E-state index contributed by atoms with van der Waals surface area (Å²) in [5.74, 6) is 0.919. The molecule has 0 aliphatic heterocycles. The molecule has 1 atom stereocenters. The van der Waals surface area contributed by atoms with Crippen LogP contribution in [0.15, 0.2) is 12.1 Å². The van der Waals surface area contributed by atoms with E-state index in [9.17, 15) is 0 Å². The van der Waals surface area contributed by atoms with Crippen LogP contribution in [0.25, 0.3) is 0 Å². The number of hydrogen-bond donors (Lipinski definition) is 0. The molecule has 4 nitrogen and oxygen atoms in total. The van der Waals surface area contributed by atoms with Crippen LogP contribution in [-0.2, 0) is 4.74 Å². The number of nitrogens with zero attached hydrogens (tertiary/aromatic N) is 1. The fourth-order valence-corrected chi connectivity index (χ4v) is 1.69. The summed E-state index contributed by atoms with van der Waals surface area (Å²) in [6.07, 6.45) is -0.715. The van der Waals surface area contributed by atoms with Crippen LogP contribution in [0.3, 0.4) is 0 Å². The Bertz CT molecular complexity index is 414. The second-order valence-corrected chi connectivity index (χ2v) is 3.33. The lowest BCUT2D eigenvalue weighted by atomic mass is 10.1. The van der Waals surface area contributed by atoms with E-state index in [2.05, 4.69) is 0 Å². The summed E-state index contributed by atoms with van der Waals surface area (Å²) in [7, 11) is 4.45. The van der Waals surface area contributed by atoms with E-state index in [1.165, 1.54) is 21.3 Å². The van der Waals surface area contributed by atoms with Crippen LogP contribution in [0, 0.1) is 11.3 Å². The van der Waals surface area contributed by atoms with Gasteiger partial charge in [0.15, 0.2) is 17.6 Å². The molecule has 0 saturated heterocycles. The van der Waals surface area contributed by atoms with Crippen LogP contribution in [0.1, 0.15) is 11.7 Å². The van der Waals surface area contributed by atoms with Crippen LogP contribution < -0.4 is 9.47 Å². The molecule has 1 aromatic rings. The molecule has 0 heterocycles. The second kappa shape index (κ2) is 5.59. The normalized spacial score (nSPS) is 11.7. The van der Waals surface area contributed by atoms with Gasteiger partial charge >= 0.3 is 0 Å². The summed E-state index contributed by atoms with van der Waals surface area (Å²) >= 11 is 6.11. The van der Waals surface area contributed by atoms with E-state index in [0.29, 0.717) is 22.1 Å². The van der Waals surface area contributed by atoms with Crippen molar-refractivity contribution < 1.29 is 14.2 Å². The third-order valence-corrected chi connectivity index (χ3v) is 2.54. The predicted molar refractivity (Wildman–Crippen MR) is 59.9 cm³/mol. The molecule has 0 radical (unpaired) electrons. The quantitative estimate of drug-likeness (QED) is 0.813. The van der Waals surface area contributed by atoms with Crippen molar-refractivity contribution in [3.63, 3.8) is 0 Å². The molecule has 0 amide bonds. The average Bonchev–Trinajstić information content (AvgIpc) is 2.32. The fourth-order valence-electron chi connectivity index (χ4n) is 1.36. The molecule has 0 aromatic heterocycles. The van der Waals surface area contributed by atoms with Crippen molar-refractivity contribution in [3.8, 4) is 17.6 Å². The average molecular weight is 242 g/mol. The van der Waals surface area contributed by atoms with E-state index in [1.54, 1.807) is 12.1 Å². The van der Waals surface area contributed by atoms with Gasteiger partial charge in [-0.15, -0.1) is 0 Å². The first-order valence-electron chi connectivity index (χ1n) is 4.52. The Morgan fingerprint density at radius 2 is 1.94 bits per heavy atom. The van der Waals surface area contributed by atoms with E-state index in [1.807, 2.05) is 6.07 Å². The minimum absolute atomic E-state index is 0.329. The summed E-state index contributed by atoms with van der Waals surface area (Å²) in [6.45, 7) is 0. The molecular weight excluding hydrogens is 230 g/mol. The molecule has 86 valence electrons. The van der Waals surface area contributed by atoms with Gasteiger partial charge in [0.05, 0.1) is 25.3 Å². The maximum Gasteiger partial charge on any atom is 0.179 e. The van der Waals surface area contributed by atoms with E-state index < -0.39 is 6.10 Å². The van der Waals surface area contributed by atoms with Crippen molar-refractivity contribution in [2.75, 3.05) is 21.3 Å². The molecule has 0 bridgehead atoms. The van der Waals surface area contributed by atoms with E-state index >= 15 is 0 Å². The Morgan fingerprint density at radius 3 is 2.38 bits per heavy atom. The van der Waals surface area contributed by atoms with Gasteiger partial charge in [-0.3, -0.25) is 0 Å². The molecule has 0 fully saturated rings. The highest BCUT2D eigenvalue weighted by Crippen LogP contribution is 2.39. The highest BCUT2D eigenvalue weighted by atomic mass is 35.5. The first-order chi connectivity index (χ1) is 7.69. The predicted octanol–water partition coefficient (Wildman–Crippen LogP) is 2.57. The molecule has 0 spiro atoms. The standard InChI is InChI=1S/C11H12ClNO3/c1-14-8-5-4-7(9(6-13)15-2)10(12)11(8)16-3/h4-5,9H,1-3H3. The first kappa shape index (κ1) is 12.6. The Morgan fingerprint density at radius 1 is 1.25 bits per heavy atom. The van der Waals surface area contributed by atoms with Crippen molar-refractivity contribution in [2.24, 2.45) is 0 Å². The Balaban J connectivity index is 3.29. The monoisotopic (exact) mass is 241 g/mol. The topological polar surface area (TPSA) is 51.5 Å². The Labute approximate surface area is 99.3 Å². The molecule has 1 rings (SSSR count). The first-order valence-corrected chi connectivity index (χ1v) is 4.90. The lowest BCUT2D eigenvalue weighted by Gasteiger charge is -2.14. The van der Waals surface area contributed by atoms with Gasteiger partial charge in [0.25, 0.3) is 0 Å². The van der Waals surface area contributed by atoms with Gasteiger partial charge < -0.3 is 14.2 Å². The van der Waals surface area contributed by atoms with Crippen molar-refractivity contribution in [3.05, 3.63) is 22.7 Å². The highest BCUT2D eigenvalue weighted by Gasteiger charge is 2.19. The van der Waals surface area contributed by atoms with E-state index in [4.69, 9.17) is 31.1 Å². The van der Waals surface area contributed by atoms with Gasteiger partial charge in [-0.2, -0.15) is 5.26 Å². The number of ether oxygens (including phenoxy) is 3. The molecular formula is C11H12ClNO3. The molecule has 0 saturated carbocycles. The van der Waals surface area contributed by atoms with Gasteiger partial charge in [0, 0.05) is 12.7 Å². The summed E-state index contributed by atoms with van der Waals surface area (Å²) in [6, 6.07) is 5.36. The molecule has 0 N–H and O–H groups in total. The van der Waals surface area contributed by atoms with Crippen LogP contribution in [0.2, 0.25) is 5.02 Å². The van der Waals surface area contributed by atoms with Crippen LogP contribution in [0.5, 0.6) is 11.5 Å². The van der Waals surface area contributed by atoms with Crippen molar-refractivity contribution in [2.45, 2.75) is 6.10 Å². The zero-order chi connectivity index (χ0) is 12.1. The van der Waals surface area contributed by atoms with Crippen LogP contribution in [-0.4, -0.2) is 21.3 Å². The minimum Gasteiger partial charge on any atom is -0.493 e. The third-order valence-electron chi connectivity index (χ3n) is 2.15. The molecule has 1 unspecified atom stereocenters. The summed E-state index contributed by atoms with van der Waals surface area (Å²) < 4.78 is 15.2.